The first-order valence-electron chi connectivity index (χ1n) is 14.2. The molecule has 5 rings (SSSR count). The third kappa shape index (κ3) is 5.61. The molecule has 0 unspecified atom stereocenters. The number of nitrogens with one attached hydrogen (secondary N) is 1. The molecule has 2 atom stereocenters. The van der Waals surface area contributed by atoms with E-state index in [1.807, 2.05) is 41.0 Å². The van der Waals surface area contributed by atoms with Crippen LogP contribution in [0.2, 0.25) is 0 Å². The Bertz CT molecular complexity index is 1880. The van der Waals surface area contributed by atoms with Crippen molar-refractivity contribution in [3.8, 4) is 11.5 Å². The van der Waals surface area contributed by atoms with Crippen LogP contribution >= 0.6 is 0 Å². The smallest absolute Gasteiger partial charge is 0.408 e. The van der Waals surface area contributed by atoms with Gasteiger partial charge in [-0.2, -0.15) is 0 Å². The molecule has 4 aromatic rings. The van der Waals surface area contributed by atoms with Crippen molar-refractivity contribution in [3.05, 3.63) is 58.3 Å². The third-order valence-electron chi connectivity index (χ3n) is 7.46. The molecule has 0 aliphatic carbocycles. The molecule has 1 aliphatic heterocycles. The summed E-state index contributed by atoms with van der Waals surface area (Å²) < 4.78 is 30.8. The fourth-order valence-electron chi connectivity index (χ4n) is 5.67. The zero-order chi connectivity index (χ0) is 32.1. The minimum atomic E-state index is -1.21. The van der Waals surface area contributed by atoms with Crippen molar-refractivity contribution >= 4 is 50.6 Å². The number of benzene rings is 3. The molecule has 0 fully saturated rings. The number of carbonyl (C=O) groups is 3. The van der Waals surface area contributed by atoms with Crippen molar-refractivity contribution in [3.63, 3.8) is 0 Å². The summed E-state index contributed by atoms with van der Waals surface area (Å²) in [4.78, 5) is 51.8. The summed E-state index contributed by atoms with van der Waals surface area (Å²) in [5, 5.41) is 4.96. The van der Waals surface area contributed by atoms with Crippen molar-refractivity contribution in [2.24, 2.45) is 7.05 Å². The molecular formula is C33H36N2O9. The van der Waals surface area contributed by atoms with E-state index in [4.69, 9.17) is 23.7 Å². The molecule has 0 saturated carbocycles. The maximum atomic E-state index is 14.1. The fraction of sp³-hybridized carbons (Fsp3) is 0.394. The van der Waals surface area contributed by atoms with Crippen LogP contribution in [0.15, 0.2) is 47.3 Å². The Morgan fingerprint density at radius 3 is 2.32 bits per heavy atom. The highest BCUT2D eigenvalue weighted by Crippen LogP contribution is 2.49. The predicted molar refractivity (Wildman–Crippen MR) is 164 cm³/mol. The van der Waals surface area contributed by atoms with Gasteiger partial charge in [0.05, 0.1) is 29.1 Å². The van der Waals surface area contributed by atoms with E-state index < -0.39 is 48.0 Å². The van der Waals surface area contributed by atoms with Gasteiger partial charge in [-0.15, -0.1) is 0 Å². The Morgan fingerprint density at radius 2 is 1.70 bits per heavy atom. The topological polar surface area (TPSA) is 131 Å². The second kappa shape index (κ2) is 11.0. The van der Waals surface area contributed by atoms with E-state index in [0.29, 0.717) is 27.7 Å². The maximum absolute atomic E-state index is 14.1. The van der Waals surface area contributed by atoms with Gasteiger partial charge >= 0.3 is 18.0 Å². The monoisotopic (exact) mass is 604 g/mol. The highest BCUT2D eigenvalue weighted by atomic mass is 16.6. The normalized spacial score (nSPS) is 17.5. The van der Waals surface area contributed by atoms with E-state index in [-0.39, 0.29) is 16.6 Å². The van der Waals surface area contributed by atoms with Gasteiger partial charge in [0.15, 0.2) is 12.2 Å². The van der Waals surface area contributed by atoms with Gasteiger partial charge in [-0.25, -0.2) is 4.79 Å². The van der Waals surface area contributed by atoms with Crippen LogP contribution in [0.5, 0.6) is 11.5 Å². The lowest BCUT2D eigenvalue weighted by atomic mass is 9.86. The van der Waals surface area contributed by atoms with Crippen LogP contribution in [-0.2, 0) is 30.8 Å². The number of hydrogen-bond donors (Lipinski definition) is 1. The number of rotatable bonds is 5. The summed E-state index contributed by atoms with van der Waals surface area (Å²) in [5.74, 6) is -0.849. The quantitative estimate of drug-likeness (QED) is 0.189. The number of aromatic nitrogens is 1. The number of pyridine rings is 1. The van der Waals surface area contributed by atoms with Gasteiger partial charge in [0.2, 0.25) is 5.43 Å². The Kier molecular flexibility index (Phi) is 7.69. The van der Waals surface area contributed by atoms with E-state index in [2.05, 4.69) is 5.32 Å². The molecular weight excluding hydrogens is 568 g/mol. The van der Waals surface area contributed by atoms with Crippen molar-refractivity contribution in [1.82, 2.24) is 9.88 Å². The van der Waals surface area contributed by atoms with E-state index >= 15 is 0 Å². The molecule has 1 amide bonds. The Morgan fingerprint density at radius 1 is 1.05 bits per heavy atom. The Hall–Kier alpha value is -4.80. The Labute approximate surface area is 254 Å². The number of esters is 2. The third-order valence-corrected chi connectivity index (χ3v) is 7.46. The number of alkyl carbamates (subject to hydrolysis) is 1. The second-order valence-corrected chi connectivity index (χ2v) is 12.3. The number of amides is 1. The maximum Gasteiger partial charge on any atom is 0.408 e. The minimum absolute atomic E-state index is 0.258. The van der Waals surface area contributed by atoms with Gasteiger partial charge in [0, 0.05) is 25.4 Å². The van der Waals surface area contributed by atoms with E-state index in [1.54, 1.807) is 47.7 Å². The van der Waals surface area contributed by atoms with Crippen molar-refractivity contribution < 1.29 is 38.1 Å². The highest BCUT2D eigenvalue weighted by molar-refractivity contribution is 6.04. The summed E-state index contributed by atoms with van der Waals surface area (Å²) in [6.45, 7) is 9.23. The summed E-state index contributed by atoms with van der Waals surface area (Å²) in [6, 6.07) is 13.1. The lowest BCUT2D eigenvalue weighted by molar-refractivity contribution is -0.188. The summed E-state index contributed by atoms with van der Waals surface area (Å²) >= 11 is 0. The van der Waals surface area contributed by atoms with Crippen molar-refractivity contribution in [2.45, 2.75) is 65.0 Å². The van der Waals surface area contributed by atoms with E-state index in [1.165, 1.54) is 14.0 Å². The molecule has 11 nitrogen and oxygen atoms in total. The van der Waals surface area contributed by atoms with E-state index in [9.17, 15) is 19.2 Å². The Balaban J connectivity index is 1.69. The summed E-state index contributed by atoms with van der Waals surface area (Å²) in [6.07, 6.45) is -3.12. The van der Waals surface area contributed by atoms with Gasteiger partial charge in [0.1, 0.15) is 29.2 Å². The van der Waals surface area contributed by atoms with Crippen molar-refractivity contribution in [2.75, 3.05) is 13.7 Å². The molecule has 44 heavy (non-hydrogen) atoms. The fourth-order valence-corrected chi connectivity index (χ4v) is 5.67. The number of ether oxygens (including phenoxy) is 5. The largest absolute Gasteiger partial charge is 0.496 e. The van der Waals surface area contributed by atoms with Crippen LogP contribution in [0.1, 0.15) is 53.2 Å². The van der Waals surface area contributed by atoms with Crippen LogP contribution in [-0.4, -0.2) is 53.6 Å². The first kappa shape index (κ1) is 30.7. The molecule has 0 radical (unpaired) electrons. The molecule has 0 bridgehead atoms. The minimum Gasteiger partial charge on any atom is -0.496 e. The number of methoxy groups -OCH3 is 1. The summed E-state index contributed by atoms with van der Waals surface area (Å²) in [5.41, 5.74) is -0.853. The average molecular weight is 605 g/mol. The number of hydrogen-bond acceptors (Lipinski definition) is 9. The molecule has 1 aliphatic rings. The molecule has 3 aromatic carbocycles. The van der Waals surface area contributed by atoms with E-state index in [0.717, 1.165) is 10.8 Å². The molecule has 2 heterocycles. The van der Waals surface area contributed by atoms with Crippen molar-refractivity contribution in [1.29, 1.82) is 0 Å². The highest BCUT2D eigenvalue weighted by Gasteiger charge is 2.50. The average Bonchev–Trinajstić information content (AvgIpc) is 2.93. The first-order valence-corrected chi connectivity index (χ1v) is 14.2. The SMILES string of the molecule is COc1cc2c(c3c1c(=O)c1cc4ccccc4cc1n3C)[C@@H](OC(C)=O)[C@@H](OC(=O)CNC(=O)OC(C)(C)C)C(C)(C)O2. The molecule has 232 valence electrons. The van der Waals surface area contributed by atoms with Gasteiger partial charge in [-0.05, 0) is 57.5 Å². The lowest BCUT2D eigenvalue weighted by Gasteiger charge is -2.43. The second-order valence-electron chi connectivity index (χ2n) is 12.3. The van der Waals surface area contributed by atoms with Crippen LogP contribution in [0.25, 0.3) is 32.6 Å². The molecule has 0 saturated heterocycles. The predicted octanol–water partition coefficient (Wildman–Crippen LogP) is 5.07. The number of aryl methyl sites for hydroxylation is 1. The standard InChI is InChI=1S/C33H36N2O9/c1-17(36)41-29-26-23(43-33(5,6)30(29)42-24(37)16-34-31(39)44-32(2,3)4)15-22(40-8)25-27(26)35(7)21-14-19-12-10-9-11-18(19)13-20(21)28(25)38/h9-15,29-30H,16H2,1-8H3,(H,34,39)/t29-,30-/m1/s1. The van der Waals surface area contributed by atoms with Gasteiger partial charge in [-0.1, -0.05) is 24.3 Å². The molecule has 11 heteroatoms. The number of fused-ring (bicyclic) bond motifs is 5. The van der Waals surface area contributed by atoms with Gasteiger partial charge in [0.25, 0.3) is 0 Å². The molecule has 1 aromatic heterocycles. The zero-order valence-electron chi connectivity index (χ0n) is 26.0. The summed E-state index contributed by atoms with van der Waals surface area (Å²) in [7, 11) is 3.26. The number of nitrogens with zero attached hydrogens (tertiary/aromatic N) is 1. The lowest BCUT2D eigenvalue weighted by Crippen LogP contribution is -2.53. The van der Waals surface area contributed by atoms with Crippen LogP contribution in [0.4, 0.5) is 4.79 Å². The zero-order valence-corrected chi connectivity index (χ0v) is 26.0. The molecule has 0 spiro atoms. The van der Waals surface area contributed by atoms with Crippen LogP contribution < -0.4 is 20.2 Å². The first-order chi connectivity index (χ1) is 20.6. The molecule has 1 N–H and O–H groups in total. The van der Waals surface area contributed by atoms with Crippen LogP contribution in [0.3, 0.4) is 0 Å². The van der Waals surface area contributed by atoms with Gasteiger partial charge in [-0.3, -0.25) is 14.4 Å². The van der Waals surface area contributed by atoms with Gasteiger partial charge < -0.3 is 33.6 Å². The number of carbonyl (C=O) groups excluding carboxylic acids is 3. The van der Waals surface area contributed by atoms with Crippen LogP contribution in [0, 0.1) is 0 Å².